The summed E-state index contributed by atoms with van der Waals surface area (Å²) in [5.74, 6) is 0.842. The number of anilines is 1. The highest BCUT2D eigenvalue weighted by Gasteiger charge is 2.21. The summed E-state index contributed by atoms with van der Waals surface area (Å²) in [4.78, 5) is 33.2. The van der Waals surface area contributed by atoms with E-state index in [1.165, 1.54) is 0 Å². The number of hydrogen-bond acceptors (Lipinski definition) is 8. The van der Waals surface area contributed by atoms with Crippen LogP contribution >= 0.6 is 0 Å². The first-order valence-corrected chi connectivity index (χ1v) is 12.4. The third-order valence-corrected chi connectivity index (χ3v) is 6.45. The number of aryl methyl sites for hydroxylation is 1. The Morgan fingerprint density at radius 3 is 2.67 bits per heavy atom. The van der Waals surface area contributed by atoms with Gasteiger partial charge in [0, 0.05) is 53.8 Å². The Labute approximate surface area is 226 Å². The summed E-state index contributed by atoms with van der Waals surface area (Å²) in [6.07, 6.45) is 7.05. The number of carbonyl (C=O) groups excluding carboxylic acids is 1. The zero-order valence-corrected chi connectivity index (χ0v) is 22.5. The fourth-order valence-corrected chi connectivity index (χ4v) is 4.57. The van der Waals surface area contributed by atoms with Gasteiger partial charge >= 0.3 is 6.47 Å². The summed E-state index contributed by atoms with van der Waals surface area (Å²) in [7, 11) is 3.37. The highest BCUT2D eigenvalue weighted by molar-refractivity contribution is 6.13. The summed E-state index contributed by atoms with van der Waals surface area (Å²) in [6, 6.07) is 11.1. The van der Waals surface area contributed by atoms with Gasteiger partial charge in [-0.1, -0.05) is 18.2 Å². The van der Waals surface area contributed by atoms with Crippen molar-refractivity contribution in [3.63, 3.8) is 0 Å². The topological polar surface area (TPSA) is 129 Å². The number of para-hydroxylation sites is 1. The molecule has 1 aliphatic rings. The van der Waals surface area contributed by atoms with Crippen LogP contribution in [-0.2, 0) is 9.63 Å². The fourth-order valence-electron chi connectivity index (χ4n) is 4.57. The number of amidine groups is 1. The number of benzene rings is 2. The maximum Gasteiger partial charge on any atom is 0.320 e. The number of carbonyl (C=O) groups is 1. The van der Waals surface area contributed by atoms with Gasteiger partial charge in [0.05, 0.1) is 17.1 Å². The molecule has 4 N–H and O–H groups in total. The normalized spacial score (nSPS) is 15.2. The van der Waals surface area contributed by atoms with E-state index in [1.807, 2.05) is 56.3 Å². The summed E-state index contributed by atoms with van der Waals surface area (Å²) >= 11 is 0. The number of hydrogen-bond donors (Lipinski definition) is 4. The van der Waals surface area contributed by atoms with Gasteiger partial charge in [-0.3, -0.25) is 14.6 Å². The second-order valence-electron chi connectivity index (χ2n) is 9.15. The number of aliphatic imine (C=N–C) groups is 1. The van der Waals surface area contributed by atoms with Crippen LogP contribution in [0.4, 0.5) is 5.69 Å². The molecule has 0 amide bonds. The van der Waals surface area contributed by atoms with E-state index in [1.54, 1.807) is 39.4 Å². The second kappa shape index (κ2) is 11.6. The van der Waals surface area contributed by atoms with Gasteiger partial charge < -0.3 is 25.3 Å². The quantitative estimate of drug-likeness (QED) is 0.145. The third-order valence-electron chi connectivity index (χ3n) is 6.45. The van der Waals surface area contributed by atoms with Crippen molar-refractivity contribution in [3.05, 3.63) is 105 Å². The minimum Gasteiger partial charge on any atom is -0.455 e. The molecule has 39 heavy (non-hydrogen) atoms. The lowest BCUT2D eigenvalue weighted by Gasteiger charge is -2.21. The molecule has 0 saturated carbocycles. The van der Waals surface area contributed by atoms with Crippen molar-refractivity contribution in [1.82, 2.24) is 10.8 Å². The van der Waals surface area contributed by atoms with Gasteiger partial charge in [0.2, 0.25) is 0 Å². The highest BCUT2D eigenvalue weighted by Crippen LogP contribution is 2.33. The average molecular weight is 526 g/mol. The number of fused-ring (bicyclic) bond motifs is 1. The molecule has 1 aromatic heterocycles. The van der Waals surface area contributed by atoms with E-state index in [2.05, 4.69) is 21.1 Å². The van der Waals surface area contributed by atoms with Crippen LogP contribution in [0, 0.1) is 19.3 Å². The minimum atomic E-state index is -0.277. The molecular formula is C30H31N5O4. The Balaban J connectivity index is 1.83. The molecule has 0 spiro atoms. The van der Waals surface area contributed by atoms with Gasteiger partial charge in [-0.05, 0) is 62.8 Å². The first-order chi connectivity index (χ1) is 18.8. The molecular weight excluding hydrogens is 494 g/mol. The molecule has 1 aliphatic carbocycles. The van der Waals surface area contributed by atoms with Crippen LogP contribution in [-0.4, -0.2) is 32.1 Å². The number of nitrogens with one attached hydrogen (secondary N) is 4. The molecule has 4 rings (SSSR count). The van der Waals surface area contributed by atoms with Crippen molar-refractivity contribution in [2.45, 2.75) is 26.8 Å². The third kappa shape index (κ3) is 5.52. The van der Waals surface area contributed by atoms with Crippen molar-refractivity contribution in [2.75, 3.05) is 19.4 Å². The fraction of sp³-hybridized carbons (Fsp3) is 0.200. The smallest absolute Gasteiger partial charge is 0.320 e. The van der Waals surface area contributed by atoms with Gasteiger partial charge in [0.25, 0.3) is 0 Å². The van der Waals surface area contributed by atoms with Crippen LogP contribution in [0.3, 0.4) is 0 Å². The van der Waals surface area contributed by atoms with Crippen molar-refractivity contribution >= 4 is 40.2 Å². The van der Waals surface area contributed by atoms with E-state index in [0.29, 0.717) is 57.0 Å². The largest absolute Gasteiger partial charge is 0.455 e. The molecule has 1 heterocycles. The van der Waals surface area contributed by atoms with E-state index in [0.717, 1.165) is 16.8 Å². The average Bonchev–Trinajstić information content (AvgIpc) is 2.93. The van der Waals surface area contributed by atoms with Gasteiger partial charge in [0.1, 0.15) is 11.3 Å². The van der Waals surface area contributed by atoms with E-state index >= 15 is 0 Å². The number of rotatable bonds is 8. The summed E-state index contributed by atoms with van der Waals surface area (Å²) in [5.41, 5.74) is 8.39. The Hall–Kier alpha value is -4.92. The molecule has 9 nitrogen and oxygen atoms in total. The maximum atomic E-state index is 13.6. The molecule has 1 unspecified atom stereocenters. The van der Waals surface area contributed by atoms with Gasteiger partial charge in [0.15, 0.2) is 11.3 Å². The molecule has 9 heteroatoms. The van der Waals surface area contributed by atoms with Crippen LogP contribution in [0.1, 0.15) is 41.0 Å². The van der Waals surface area contributed by atoms with E-state index in [9.17, 15) is 9.59 Å². The molecule has 0 radical (unpaired) electrons. The molecule has 0 saturated heterocycles. The van der Waals surface area contributed by atoms with E-state index < -0.39 is 0 Å². The predicted octanol–water partition coefficient (Wildman–Crippen LogP) is 4.71. The van der Waals surface area contributed by atoms with E-state index in [4.69, 9.17) is 14.7 Å². The summed E-state index contributed by atoms with van der Waals surface area (Å²) < 4.78 is 6.50. The van der Waals surface area contributed by atoms with Crippen LogP contribution in [0.25, 0.3) is 16.5 Å². The number of allylic oxidation sites excluding steroid dienone is 5. The molecule has 0 bridgehead atoms. The van der Waals surface area contributed by atoms with Crippen LogP contribution in [0.2, 0.25) is 0 Å². The zero-order valence-electron chi connectivity index (χ0n) is 22.5. The molecule has 0 aliphatic heterocycles. The Morgan fingerprint density at radius 2 is 1.95 bits per heavy atom. The molecule has 1 atom stereocenters. The number of hydroxylamine groups is 1. The maximum absolute atomic E-state index is 13.6. The van der Waals surface area contributed by atoms with Crippen molar-refractivity contribution < 1.29 is 14.0 Å². The van der Waals surface area contributed by atoms with Crippen molar-refractivity contribution in [3.8, 4) is 0 Å². The minimum absolute atomic E-state index is 0.103. The van der Waals surface area contributed by atoms with Crippen LogP contribution < -0.4 is 21.5 Å². The Bertz CT molecular complexity index is 1630. The second-order valence-corrected chi connectivity index (χ2v) is 9.15. The first-order valence-electron chi connectivity index (χ1n) is 12.4. The monoisotopic (exact) mass is 525 g/mol. The summed E-state index contributed by atoms with van der Waals surface area (Å²) in [5, 5.41) is 15.1. The molecule has 200 valence electrons. The zero-order chi connectivity index (χ0) is 28.1. The molecule has 3 aromatic rings. The van der Waals surface area contributed by atoms with Crippen LogP contribution in [0.5, 0.6) is 0 Å². The van der Waals surface area contributed by atoms with Gasteiger partial charge in [-0.2, -0.15) is 0 Å². The predicted molar refractivity (Wildman–Crippen MR) is 155 cm³/mol. The Morgan fingerprint density at radius 1 is 1.18 bits per heavy atom. The number of nitrogens with zero attached hydrogens (tertiary/aromatic N) is 1. The lowest BCUT2D eigenvalue weighted by molar-refractivity contribution is -0.132. The lowest BCUT2D eigenvalue weighted by Crippen LogP contribution is -2.25. The van der Waals surface area contributed by atoms with Crippen molar-refractivity contribution in [1.29, 1.82) is 5.41 Å². The Kier molecular flexibility index (Phi) is 8.10. The standard InChI is InChI=1S/C30H31N5O4/c1-17-12-23(19(3)34-26-9-7-6-8-22(26)30(33-5)35-38-16-36)29-24(13-17)27(37)18(2)28(39-29)20-10-11-25(31)21(14-20)15-32-4/h6-16,19,31-32,34H,1-5H3,(H,33,35)/b21-15-,31-25?. The highest BCUT2D eigenvalue weighted by atomic mass is 16.7. The molecule has 2 aromatic carbocycles. The van der Waals surface area contributed by atoms with Crippen LogP contribution in [0.15, 0.2) is 80.6 Å². The van der Waals surface area contributed by atoms with Gasteiger partial charge in [-0.25, -0.2) is 5.48 Å². The lowest BCUT2D eigenvalue weighted by atomic mass is 9.95. The summed E-state index contributed by atoms with van der Waals surface area (Å²) in [6.45, 7) is 5.98. The molecule has 0 fully saturated rings. The van der Waals surface area contributed by atoms with E-state index in [-0.39, 0.29) is 11.5 Å². The SMILES string of the molecule is C/N=C(\NOC=O)c1ccccc1NC(C)c1cc(C)cc2c(=O)c(C)c(C3=C/C(=C/NC)C(=N)C=C3)oc12. The van der Waals surface area contributed by atoms with Gasteiger partial charge in [-0.15, -0.1) is 0 Å². The van der Waals surface area contributed by atoms with Crippen molar-refractivity contribution in [2.24, 2.45) is 4.99 Å². The first kappa shape index (κ1) is 27.1.